The number of aromatic carboxylic acids is 1. The fraction of sp³-hybridized carbons (Fsp3) is 0.0417. The zero-order valence-electron chi connectivity index (χ0n) is 17.2. The molecule has 0 atom stereocenters. The lowest BCUT2D eigenvalue weighted by molar-refractivity contribution is -0.115. The van der Waals surface area contributed by atoms with Crippen LogP contribution in [0.2, 0.25) is 10.0 Å². The third-order valence-corrected chi connectivity index (χ3v) is 6.99. The number of nitrogens with zero attached hydrogens (tertiary/aromatic N) is 1. The molecule has 3 aromatic rings. The molecule has 1 aliphatic heterocycles. The average Bonchev–Trinajstić information content (AvgIpc) is 3.15. The van der Waals surface area contributed by atoms with Crippen molar-refractivity contribution in [3.05, 3.63) is 96.8 Å². The van der Waals surface area contributed by atoms with Gasteiger partial charge in [0.25, 0.3) is 5.91 Å². The first-order valence-corrected chi connectivity index (χ1v) is 12.1. The maximum Gasteiger partial charge on any atom is 0.335 e. The summed E-state index contributed by atoms with van der Waals surface area (Å²) in [6, 6.07) is 17.1. The molecule has 34 heavy (non-hydrogen) atoms. The van der Waals surface area contributed by atoms with Gasteiger partial charge in [0.15, 0.2) is 5.17 Å². The molecule has 3 aromatic carbocycles. The lowest BCUT2D eigenvalue weighted by Gasteiger charge is -2.09. The summed E-state index contributed by atoms with van der Waals surface area (Å²) in [5.74, 6) is -0.616. The van der Waals surface area contributed by atoms with Crippen LogP contribution in [-0.2, 0) is 11.4 Å². The number of rotatable bonds is 6. The summed E-state index contributed by atoms with van der Waals surface area (Å²) in [6.45, 7) is 0.281. The van der Waals surface area contributed by atoms with Gasteiger partial charge in [0.05, 0.1) is 30.7 Å². The second-order valence-electron chi connectivity index (χ2n) is 7.04. The monoisotopic (exact) mass is 576 g/mol. The summed E-state index contributed by atoms with van der Waals surface area (Å²) < 4.78 is 6.55. The fourth-order valence-electron chi connectivity index (χ4n) is 2.95. The minimum absolute atomic E-state index is 0.222. The van der Waals surface area contributed by atoms with Crippen LogP contribution in [0, 0.1) is 0 Å². The first kappa shape index (κ1) is 24.3. The van der Waals surface area contributed by atoms with Crippen molar-refractivity contribution in [1.29, 1.82) is 0 Å². The highest BCUT2D eigenvalue weighted by molar-refractivity contribution is 9.10. The Bertz CT molecular complexity index is 1340. The number of carboxylic acid groups (broad SMARTS) is 1. The predicted molar refractivity (Wildman–Crippen MR) is 139 cm³/mol. The molecule has 1 amide bonds. The van der Waals surface area contributed by atoms with Crippen LogP contribution < -0.4 is 10.1 Å². The first-order valence-electron chi connectivity index (χ1n) is 9.78. The van der Waals surface area contributed by atoms with Gasteiger partial charge in [-0.1, -0.05) is 47.5 Å². The van der Waals surface area contributed by atoms with Crippen molar-refractivity contribution in [2.24, 2.45) is 4.99 Å². The molecule has 172 valence electrons. The normalized spacial score (nSPS) is 15.6. The molecule has 1 saturated heterocycles. The average molecular weight is 578 g/mol. The van der Waals surface area contributed by atoms with Gasteiger partial charge in [-0.25, -0.2) is 9.79 Å². The summed E-state index contributed by atoms with van der Waals surface area (Å²) in [5.41, 5.74) is 2.33. The maximum atomic E-state index is 12.4. The summed E-state index contributed by atoms with van der Waals surface area (Å²) in [6.07, 6.45) is 1.75. The van der Waals surface area contributed by atoms with Gasteiger partial charge in [0, 0.05) is 0 Å². The lowest BCUT2D eigenvalue weighted by Crippen LogP contribution is -2.19. The van der Waals surface area contributed by atoms with Crippen LogP contribution in [0.15, 0.2) is 75.0 Å². The van der Waals surface area contributed by atoms with Crippen molar-refractivity contribution in [3.63, 3.8) is 0 Å². The number of amides is 1. The number of benzene rings is 3. The molecule has 1 fully saturated rings. The number of carboxylic acids is 1. The maximum absolute atomic E-state index is 12.4. The van der Waals surface area contributed by atoms with Crippen molar-refractivity contribution < 1.29 is 19.4 Å². The van der Waals surface area contributed by atoms with Crippen LogP contribution >= 0.6 is 50.9 Å². The van der Waals surface area contributed by atoms with E-state index in [1.165, 1.54) is 23.9 Å². The molecule has 2 N–H and O–H groups in total. The lowest BCUT2D eigenvalue weighted by atomic mass is 10.1. The van der Waals surface area contributed by atoms with Crippen molar-refractivity contribution >= 4 is 79.7 Å². The molecule has 1 aliphatic rings. The van der Waals surface area contributed by atoms with Crippen LogP contribution in [0.4, 0.5) is 5.69 Å². The highest BCUT2D eigenvalue weighted by Crippen LogP contribution is 2.35. The molecule has 0 bridgehead atoms. The van der Waals surface area contributed by atoms with Crippen molar-refractivity contribution in [2.75, 3.05) is 0 Å². The van der Waals surface area contributed by atoms with E-state index in [1.54, 1.807) is 42.5 Å². The molecule has 0 saturated carbocycles. The molecule has 6 nitrogen and oxygen atoms in total. The van der Waals surface area contributed by atoms with Gasteiger partial charge >= 0.3 is 5.97 Å². The molecule has 10 heteroatoms. The van der Waals surface area contributed by atoms with Crippen LogP contribution in [0.25, 0.3) is 6.08 Å². The van der Waals surface area contributed by atoms with Crippen LogP contribution in [0.1, 0.15) is 21.5 Å². The van der Waals surface area contributed by atoms with Gasteiger partial charge in [-0.15, -0.1) is 0 Å². The second kappa shape index (κ2) is 10.7. The molecule has 0 radical (unpaired) electrons. The molecular formula is C24H15BrCl2N2O4S. The van der Waals surface area contributed by atoms with Crippen LogP contribution in [0.5, 0.6) is 5.75 Å². The number of aliphatic imine (C=N–C) groups is 1. The predicted octanol–water partition coefficient (Wildman–Crippen LogP) is 6.92. The van der Waals surface area contributed by atoms with E-state index in [-0.39, 0.29) is 18.1 Å². The summed E-state index contributed by atoms with van der Waals surface area (Å²) >= 11 is 16.9. The molecule has 0 spiro atoms. The zero-order valence-corrected chi connectivity index (χ0v) is 21.1. The highest BCUT2D eigenvalue weighted by Gasteiger charge is 2.24. The van der Waals surface area contributed by atoms with Crippen LogP contribution in [0.3, 0.4) is 0 Å². The third kappa shape index (κ3) is 5.82. The van der Waals surface area contributed by atoms with E-state index in [0.29, 0.717) is 36.0 Å². The van der Waals surface area contributed by atoms with E-state index >= 15 is 0 Å². The standard InChI is InChI=1S/C24H15BrCl2N2O4S/c25-16-10-14(6-9-19(16)33-12-13-4-7-15(8-5-13)23(31)32)11-20-22(30)29-24(34-20)28-18-3-1-2-17(26)21(18)27/h1-11H,12H2,(H,31,32)(H,28,29,30)/b20-11-. The first-order chi connectivity index (χ1) is 16.3. The number of halogens is 3. The molecular weight excluding hydrogens is 563 g/mol. The Hall–Kier alpha value is -2.78. The Kier molecular flexibility index (Phi) is 7.63. The molecule has 4 rings (SSSR count). The number of ether oxygens (including phenoxy) is 1. The van der Waals surface area contributed by atoms with Gasteiger partial charge in [0.2, 0.25) is 0 Å². The highest BCUT2D eigenvalue weighted by atomic mass is 79.9. The summed E-state index contributed by atoms with van der Waals surface area (Å²) in [4.78, 5) is 28.2. The minimum Gasteiger partial charge on any atom is -0.488 e. The van der Waals surface area contributed by atoms with E-state index in [4.69, 9.17) is 33.0 Å². The largest absolute Gasteiger partial charge is 0.488 e. The Labute approximate surface area is 217 Å². The Balaban J connectivity index is 1.44. The van der Waals surface area contributed by atoms with E-state index in [2.05, 4.69) is 26.2 Å². The number of hydrogen-bond acceptors (Lipinski definition) is 5. The van der Waals surface area contributed by atoms with Gasteiger partial charge < -0.3 is 15.2 Å². The fourth-order valence-corrected chi connectivity index (χ4v) is 4.63. The quantitative estimate of drug-likeness (QED) is 0.310. The van der Waals surface area contributed by atoms with Gasteiger partial charge in [-0.3, -0.25) is 4.79 Å². The second-order valence-corrected chi connectivity index (χ2v) is 9.71. The van der Waals surface area contributed by atoms with Gasteiger partial charge in [-0.2, -0.15) is 0 Å². The van der Waals surface area contributed by atoms with Crippen molar-refractivity contribution in [3.8, 4) is 5.75 Å². The van der Waals surface area contributed by atoms with E-state index in [0.717, 1.165) is 11.1 Å². The SMILES string of the molecule is O=C1NC(=Nc2cccc(Cl)c2Cl)S/C1=C\c1ccc(OCc2ccc(C(=O)O)cc2)c(Br)c1. The molecule has 0 aliphatic carbocycles. The number of nitrogens with one attached hydrogen (secondary N) is 1. The smallest absolute Gasteiger partial charge is 0.335 e. The number of amidine groups is 1. The van der Waals surface area contributed by atoms with Crippen molar-refractivity contribution in [1.82, 2.24) is 5.32 Å². The molecule has 1 heterocycles. The Morgan fingerprint density at radius 2 is 1.91 bits per heavy atom. The van der Waals surface area contributed by atoms with Crippen molar-refractivity contribution in [2.45, 2.75) is 6.61 Å². The zero-order chi connectivity index (χ0) is 24.2. The Morgan fingerprint density at radius 3 is 2.62 bits per heavy atom. The minimum atomic E-state index is -0.972. The summed E-state index contributed by atoms with van der Waals surface area (Å²) in [5, 5.41) is 12.8. The number of thioether (sulfide) groups is 1. The molecule has 0 aromatic heterocycles. The number of carbonyl (C=O) groups excluding carboxylic acids is 1. The summed E-state index contributed by atoms with van der Waals surface area (Å²) in [7, 11) is 0. The van der Waals surface area contributed by atoms with Crippen LogP contribution in [-0.4, -0.2) is 22.2 Å². The van der Waals surface area contributed by atoms with Gasteiger partial charge in [-0.05, 0) is 81.3 Å². The Morgan fingerprint density at radius 1 is 1.15 bits per heavy atom. The van der Waals surface area contributed by atoms with E-state index in [1.807, 2.05) is 12.1 Å². The van der Waals surface area contributed by atoms with E-state index in [9.17, 15) is 9.59 Å². The third-order valence-electron chi connectivity index (χ3n) is 4.65. The topological polar surface area (TPSA) is 88.0 Å². The number of hydrogen-bond donors (Lipinski definition) is 2. The number of carbonyl (C=O) groups is 2. The van der Waals surface area contributed by atoms with Gasteiger partial charge in [0.1, 0.15) is 12.4 Å². The van der Waals surface area contributed by atoms with E-state index < -0.39 is 5.97 Å². The molecule has 0 unspecified atom stereocenters.